The summed E-state index contributed by atoms with van der Waals surface area (Å²) in [5.74, 6) is 3.02. The van der Waals surface area contributed by atoms with Crippen molar-refractivity contribution in [1.82, 2.24) is 14.5 Å². The molecule has 0 radical (unpaired) electrons. The average molecular weight is 349 g/mol. The molecular weight excluding hydrogens is 326 g/mol. The third-order valence-electron chi connectivity index (χ3n) is 5.99. The molecule has 1 aliphatic carbocycles. The number of carbonyl (C=O) groups excluding carboxylic acids is 1. The zero-order valence-corrected chi connectivity index (χ0v) is 15.2. The lowest BCUT2D eigenvalue weighted by molar-refractivity contribution is 0.0850. The van der Waals surface area contributed by atoms with Gasteiger partial charge >= 0.3 is 0 Å². The molecule has 5 rings (SSSR count). The molecule has 0 N–H and O–H groups in total. The second-order valence-corrected chi connectivity index (χ2v) is 7.54. The fourth-order valence-electron chi connectivity index (χ4n) is 4.65. The number of aryl methyl sites for hydroxylation is 1. The number of aliphatic imine (C=N–C) groups is 1. The molecule has 0 saturated heterocycles. The van der Waals surface area contributed by atoms with E-state index in [0.29, 0.717) is 24.2 Å². The van der Waals surface area contributed by atoms with E-state index in [-0.39, 0.29) is 5.91 Å². The Kier molecular flexibility index (Phi) is 3.42. The Bertz CT molecular complexity index is 900. The molecule has 1 amide bonds. The third-order valence-corrected chi connectivity index (χ3v) is 5.99. The zero-order chi connectivity index (χ0) is 17.8. The van der Waals surface area contributed by atoms with Crippen molar-refractivity contribution in [1.29, 1.82) is 0 Å². The maximum absolute atomic E-state index is 13.1. The molecule has 2 aliphatic heterocycles. The van der Waals surface area contributed by atoms with Crippen molar-refractivity contribution >= 4 is 17.7 Å². The number of hydrogen-bond donors (Lipinski definition) is 0. The van der Waals surface area contributed by atoms with Gasteiger partial charge in [-0.3, -0.25) is 19.6 Å². The van der Waals surface area contributed by atoms with Crippen molar-refractivity contribution in [3.63, 3.8) is 0 Å². The Morgan fingerprint density at radius 2 is 2.00 bits per heavy atom. The van der Waals surface area contributed by atoms with Gasteiger partial charge in [-0.25, -0.2) is 4.98 Å². The highest BCUT2D eigenvalue weighted by Crippen LogP contribution is 2.40. The lowest BCUT2D eigenvalue weighted by atomic mass is 9.99. The molecule has 1 fully saturated rings. The number of rotatable bonds is 2. The van der Waals surface area contributed by atoms with Crippen molar-refractivity contribution in [2.45, 2.75) is 38.8 Å². The number of amides is 1. The molecule has 2 aromatic rings. The molecule has 1 aromatic heterocycles. The fourth-order valence-corrected chi connectivity index (χ4v) is 4.65. The minimum Gasteiger partial charge on any atom is -0.318 e. The molecule has 26 heavy (non-hydrogen) atoms. The Labute approximate surface area is 153 Å². The van der Waals surface area contributed by atoms with Crippen LogP contribution < -0.4 is 4.90 Å². The summed E-state index contributed by atoms with van der Waals surface area (Å²) in [6.07, 6.45) is 3.59. The highest BCUT2D eigenvalue weighted by Gasteiger charge is 2.46. The van der Waals surface area contributed by atoms with Crippen molar-refractivity contribution < 1.29 is 4.79 Å². The van der Waals surface area contributed by atoms with Gasteiger partial charge in [0.15, 0.2) is 11.5 Å². The van der Waals surface area contributed by atoms with Gasteiger partial charge in [0.25, 0.3) is 5.91 Å². The summed E-state index contributed by atoms with van der Waals surface area (Å²) in [5.41, 5.74) is 1.86. The third kappa shape index (κ3) is 2.14. The van der Waals surface area contributed by atoms with E-state index in [4.69, 9.17) is 9.98 Å². The van der Waals surface area contributed by atoms with E-state index in [0.717, 1.165) is 30.6 Å². The first-order chi connectivity index (χ1) is 12.6. The molecule has 0 bridgehead atoms. The Hall–Kier alpha value is -2.63. The zero-order valence-electron chi connectivity index (χ0n) is 15.2. The highest BCUT2D eigenvalue weighted by atomic mass is 16.2. The van der Waals surface area contributed by atoms with E-state index in [2.05, 4.69) is 21.6 Å². The molecule has 6 nitrogen and oxygen atoms in total. The van der Waals surface area contributed by atoms with E-state index in [1.807, 2.05) is 32.2 Å². The second-order valence-electron chi connectivity index (χ2n) is 7.54. The van der Waals surface area contributed by atoms with E-state index in [1.165, 1.54) is 18.4 Å². The SMILES string of the molecule is Cc1nc2c(n1Cc1ccccc1)C(=O)N(C)C1=NC[C@H]3CCC[C@H]3N12. The normalized spacial score (nSPS) is 24.2. The number of fused-ring (bicyclic) bond motifs is 5. The summed E-state index contributed by atoms with van der Waals surface area (Å²) < 4.78 is 2.05. The summed E-state index contributed by atoms with van der Waals surface area (Å²) in [4.78, 5) is 26.7. The van der Waals surface area contributed by atoms with Crippen molar-refractivity contribution in [2.75, 3.05) is 18.5 Å². The predicted octanol–water partition coefficient (Wildman–Crippen LogP) is 2.67. The topological polar surface area (TPSA) is 53.7 Å². The monoisotopic (exact) mass is 349 g/mol. The van der Waals surface area contributed by atoms with Crippen LogP contribution in [-0.2, 0) is 6.54 Å². The number of anilines is 1. The summed E-state index contributed by atoms with van der Waals surface area (Å²) in [7, 11) is 1.83. The summed E-state index contributed by atoms with van der Waals surface area (Å²) in [6, 6.07) is 10.7. The second kappa shape index (κ2) is 5.69. The quantitative estimate of drug-likeness (QED) is 0.838. The van der Waals surface area contributed by atoms with Gasteiger partial charge in [-0.15, -0.1) is 0 Å². The average Bonchev–Trinajstić information content (AvgIpc) is 3.25. The van der Waals surface area contributed by atoms with Gasteiger partial charge in [-0.2, -0.15) is 0 Å². The van der Waals surface area contributed by atoms with Gasteiger partial charge in [-0.1, -0.05) is 36.8 Å². The summed E-state index contributed by atoms with van der Waals surface area (Å²) in [6.45, 7) is 3.47. The molecule has 1 saturated carbocycles. The van der Waals surface area contributed by atoms with Crippen LogP contribution in [0.5, 0.6) is 0 Å². The number of benzene rings is 1. The van der Waals surface area contributed by atoms with Crippen LogP contribution in [-0.4, -0.2) is 46.0 Å². The number of carbonyl (C=O) groups is 1. The van der Waals surface area contributed by atoms with Gasteiger partial charge in [0.05, 0.1) is 0 Å². The summed E-state index contributed by atoms with van der Waals surface area (Å²) in [5, 5.41) is 0. The van der Waals surface area contributed by atoms with Gasteiger partial charge < -0.3 is 4.57 Å². The fraction of sp³-hybridized carbons (Fsp3) is 0.450. The number of nitrogens with zero attached hydrogens (tertiary/aromatic N) is 5. The number of hydrogen-bond acceptors (Lipinski definition) is 4. The summed E-state index contributed by atoms with van der Waals surface area (Å²) >= 11 is 0. The van der Waals surface area contributed by atoms with Crippen LogP contribution in [0.3, 0.4) is 0 Å². The minimum absolute atomic E-state index is 0.0111. The lowest BCUT2D eigenvalue weighted by Crippen LogP contribution is -2.58. The molecule has 3 aliphatic rings. The van der Waals surface area contributed by atoms with Crippen molar-refractivity contribution in [3.8, 4) is 0 Å². The minimum atomic E-state index is -0.0111. The van der Waals surface area contributed by atoms with Crippen LogP contribution in [0.2, 0.25) is 0 Å². The Morgan fingerprint density at radius 1 is 1.19 bits per heavy atom. The highest BCUT2D eigenvalue weighted by molar-refractivity contribution is 6.17. The first-order valence-electron chi connectivity index (χ1n) is 9.38. The smallest absolute Gasteiger partial charge is 0.280 e. The van der Waals surface area contributed by atoms with Gasteiger partial charge in [-0.05, 0) is 31.2 Å². The van der Waals surface area contributed by atoms with E-state index in [1.54, 1.807) is 4.90 Å². The van der Waals surface area contributed by atoms with Crippen LogP contribution in [0.1, 0.15) is 41.1 Å². The lowest BCUT2D eigenvalue weighted by Gasteiger charge is -2.43. The van der Waals surface area contributed by atoms with E-state index in [9.17, 15) is 4.79 Å². The van der Waals surface area contributed by atoms with Gasteiger partial charge in [0, 0.05) is 26.2 Å². The van der Waals surface area contributed by atoms with Crippen LogP contribution in [0.25, 0.3) is 0 Å². The van der Waals surface area contributed by atoms with Gasteiger partial charge in [0.1, 0.15) is 5.82 Å². The molecule has 0 spiro atoms. The van der Waals surface area contributed by atoms with E-state index < -0.39 is 0 Å². The number of imidazole rings is 1. The molecular formula is C20H23N5O. The largest absolute Gasteiger partial charge is 0.318 e. The first kappa shape index (κ1) is 15.6. The maximum Gasteiger partial charge on any atom is 0.280 e. The molecule has 0 unspecified atom stereocenters. The molecule has 6 heteroatoms. The van der Waals surface area contributed by atoms with Crippen LogP contribution in [0, 0.1) is 12.8 Å². The standard InChI is InChI=1S/C20H23N5O/c1-13-22-18-17(24(13)12-14-7-4-3-5-8-14)19(26)23(2)20-21-11-15-9-6-10-16(15)25(18)20/h3-5,7-8,15-16H,6,9-12H2,1-2H3/t15-,16-/m1/s1. The molecule has 1 aromatic carbocycles. The Balaban J connectivity index is 1.64. The predicted molar refractivity (Wildman–Crippen MR) is 101 cm³/mol. The molecule has 2 atom stereocenters. The van der Waals surface area contributed by atoms with Crippen LogP contribution >= 0.6 is 0 Å². The van der Waals surface area contributed by atoms with E-state index >= 15 is 0 Å². The van der Waals surface area contributed by atoms with Crippen LogP contribution in [0.15, 0.2) is 35.3 Å². The Morgan fingerprint density at radius 3 is 2.81 bits per heavy atom. The maximum atomic E-state index is 13.1. The first-order valence-corrected chi connectivity index (χ1v) is 9.38. The number of guanidine groups is 1. The van der Waals surface area contributed by atoms with Crippen molar-refractivity contribution in [2.24, 2.45) is 10.9 Å². The molecule has 3 heterocycles. The number of aromatic nitrogens is 2. The van der Waals surface area contributed by atoms with Crippen molar-refractivity contribution in [3.05, 3.63) is 47.4 Å². The molecule has 134 valence electrons. The van der Waals surface area contributed by atoms with Crippen LogP contribution in [0.4, 0.5) is 5.82 Å². The van der Waals surface area contributed by atoms with Gasteiger partial charge in [0.2, 0.25) is 5.96 Å².